The topological polar surface area (TPSA) is 12.0 Å². The molecule has 0 heterocycles. The van der Waals surface area contributed by atoms with Gasteiger partial charge in [-0.2, -0.15) is 0 Å². The van der Waals surface area contributed by atoms with Crippen molar-refractivity contribution in [1.82, 2.24) is 5.32 Å². The second-order valence-corrected chi connectivity index (χ2v) is 7.09. The van der Waals surface area contributed by atoms with Crippen LogP contribution >= 0.6 is 0 Å². The van der Waals surface area contributed by atoms with Gasteiger partial charge in [-0.25, -0.2) is 0 Å². The van der Waals surface area contributed by atoms with Gasteiger partial charge in [0, 0.05) is 12.6 Å². The Morgan fingerprint density at radius 3 is 2.18 bits per heavy atom. The Labute approximate surface area is 108 Å². The lowest BCUT2D eigenvalue weighted by Gasteiger charge is -2.35. The average molecular weight is 237 g/mol. The van der Waals surface area contributed by atoms with Crippen LogP contribution in [-0.4, -0.2) is 12.6 Å². The standard InChI is InChI=1S/C16H31N/c1-5-13(6-2)8-16(11-17-12(3)4)9-14-7-15(14)10-16/h12-15,17H,5-11H2,1-4H3. The molecular weight excluding hydrogens is 206 g/mol. The molecule has 0 aliphatic heterocycles. The summed E-state index contributed by atoms with van der Waals surface area (Å²) in [5.41, 5.74) is 0.661. The average Bonchev–Trinajstić information content (AvgIpc) is 2.92. The molecule has 1 N–H and O–H groups in total. The summed E-state index contributed by atoms with van der Waals surface area (Å²) in [5, 5.41) is 3.72. The first-order valence-electron chi connectivity index (χ1n) is 7.82. The van der Waals surface area contributed by atoms with Gasteiger partial charge in [0.05, 0.1) is 0 Å². The number of nitrogens with one attached hydrogen (secondary N) is 1. The van der Waals surface area contributed by atoms with Crippen molar-refractivity contribution in [1.29, 1.82) is 0 Å². The highest BCUT2D eigenvalue weighted by Gasteiger charge is 2.53. The monoisotopic (exact) mass is 237 g/mol. The van der Waals surface area contributed by atoms with Crippen LogP contribution in [0.15, 0.2) is 0 Å². The lowest BCUT2D eigenvalue weighted by Crippen LogP contribution is -2.38. The van der Waals surface area contributed by atoms with Crippen molar-refractivity contribution in [2.75, 3.05) is 6.54 Å². The maximum Gasteiger partial charge on any atom is 0.00106 e. The van der Waals surface area contributed by atoms with Gasteiger partial charge >= 0.3 is 0 Å². The molecule has 17 heavy (non-hydrogen) atoms. The summed E-state index contributed by atoms with van der Waals surface area (Å²) in [6, 6.07) is 0.644. The SMILES string of the molecule is CCC(CC)CC1(CNC(C)C)CC2CC2C1. The fraction of sp³-hybridized carbons (Fsp3) is 1.00. The zero-order valence-corrected chi connectivity index (χ0v) is 12.3. The molecule has 0 aromatic carbocycles. The number of rotatable bonds is 7. The molecule has 0 amide bonds. The smallest absolute Gasteiger partial charge is 0.00106 e. The molecule has 1 heteroatoms. The van der Waals surface area contributed by atoms with Gasteiger partial charge in [-0.05, 0) is 48.9 Å². The molecule has 2 atom stereocenters. The first-order valence-corrected chi connectivity index (χ1v) is 7.82. The Kier molecular flexibility index (Phi) is 4.18. The Bertz CT molecular complexity index is 232. The molecular formula is C16H31N. The Balaban J connectivity index is 1.92. The second-order valence-electron chi connectivity index (χ2n) is 7.09. The van der Waals surface area contributed by atoms with Gasteiger partial charge in [0.15, 0.2) is 0 Å². The molecule has 2 unspecified atom stereocenters. The van der Waals surface area contributed by atoms with Crippen LogP contribution in [0, 0.1) is 23.2 Å². The van der Waals surface area contributed by atoms with Crippen molar-refractivity contribution in [2.24, 2.45) is 23.2 Å². The van der Waals surface area contributed by atoms with E-state index >= 15 is 0 Å². The van der Waals surface area contributed by atoms with Crippen molar-refractivity contribution >= 4 is 0 Å². The number of hydrogen-bond acceptors (Lipinski definition) is 1. The van der Waals surface area contributed by atoms with Crippen molar-refractivity contribution in [3.8, 4) is 0 Å². The van der Waals surface area contributed by atoms with Crippen LogP contribution < -0.4 is 5.32 Å². The van der Waals surface area contributed by atoms with Gasteiger partial charge in [-0.3, -0.25) is 0 Å². The molecule has 0 bridgehead atoms. The second kappa shape index (κ2) is 5.30. The Morgan fingerprint density at radius 2 is 1.71 bits per heavy atom. The summed E-state index contributed by atoms with van der Waals surface area (Å²) in [6.45, 7) is 10.6. The summed E-state index contributed by atoms with van der Waals surface area (Å²) in [6.07, 6.45) is 8.81. The van der Waals surface area contributed by atoms with E-state index in [2.05, 4.69) is 33.0 Å². The minimum atomic E-state index is 0.644. The molecule has 2 fully saturated rings. The van der Waals surface area contributed by atoms with E-state index in [0.29, 0.717) is 11.5 Å². The minimum absolute atomic E-state index is 0.644. The zero-order chi connectivity index (χ0) is 12.5. The maximum atomic E-state index is 3.72. The van der Waals surface area contributed by atoms with Crippen molar-refractivity contribution < 1.29 is 0 Å². The van der Waals surface area contributed by atoms with E-state index in [4.69, 9.17) is 0 Å². The largest absolute Gasteiger partial charge is 0.314 e. The normalized spacial score (nSPS) is 35.6. The molecule has 100 valence electrons. The fourth-order valence-corrected chi connectivity index (χ4v) is 4.00. The van der Waals surface area contributed by atoms with Crippen molar-refractivity contribution in [3.63, 3.8) is 0 Å². The van der Waals surface area contributed by atoms with Gasteiger partial charge < -0.3 is 5.32 Å². The van der Waals surface area contributed by atoms with E-state index < -0.39 is 0 Å². The van der Waals surface area contributed by atoms with Crippen LogP contribution in [0.5, 0.6) is 0 Å². The van der Waals surface area contributed by atoms with E-state index in [-0.39, 0.29) is 0 Å². The summed E-state index contributed by atoms with van der Waals surface area (Å²) in [5.74, 6) is 3.18. The van der Waals surface area contributed by atoms with Crippen LogP contribution in [0.2, 0.25) is 0 Å². The molecule has 2 aliphatic carbocycles. The van der Waals surface area contributed by atoms with Gasteiger partial charge in [-0.15, -0.1) is 0 Å². The number of fused-ring (bicyclic) bond motifs is 1. The molecule has 0 spiro atoms. The minimum Gasteiger partial charge on any atom is -0.314 e. The van der Waals surface area contributed by atoms with Gasteiger partial charge in [0.25, 0.3) is 0 Å². The fourth-order valence-electron chi connectivity index (χ4n) is 4.00. The molecule has 0 aromatic rings. The van der Waals surface area contributed by atoms with Gasteiger partial charge in [-0.1, -0.05) is 40.5 Å². The molecule has 2 aliphatic rings. The van der Waals surface area contributed by atoms with Crippen molar-refractivity contribution in [3.05, 3.63) is 0 Å². The van der Waals surface area contributed by atoms with Crippen LogP contribution in [-0.2, 0) is 0 Å². The molecule has 0 radical (unpaired) electrons. The third kappa shape index (κ3) is 3.24. The first-order chi connectivity index (χ1) is 8.08. The highest BCUT2D eigenvalue weighted by Crippen LogP contribution is 2.61. The quantitative estimate of drug-likeness (QED) is 0.699. The summed E-state index contributed by atoms with van der Waals surface area (Å²) in [4.78, 5) is 0. The molecule has 0 aromatic heterocycles. The maximum absolute atomic E-state index is 3.72. The lowest BCUT2D eigenvalue weighted by atomic mass is 9.74. The zero-order valence-electron chi connectivity index (χ0n) is 12.3. The lowest BCUT2D eigenvalue weighted by molar-refractivity contribution is 0.179. The third-order valence-corrected chi connectivity index (χ3v) is 5.22. The van der Waals surface area contributed by atoms with Crippen LogP contribution in [0.25, 0.3) is 0 Å². The van der Waals surface area contributed by atoms with E-state index in [1.807, 2.05) is 0 Å². The highest BCUT2D eigenvalue weighted by molar-refractivity contribution is 5.04. The highest BCUT2D eigenvalue weighted by atomic mass is 14.9. The van der Waals surface area contributed by atoms with E-state index in [1.165, 1.54) is 38.6 Å². The van der Waals surface area contributed by atoms with Crippen LogP contribution in [0.1, 0.15) is 66.2 Å². The summed E-state index contributed by atoms with van der Waals surface area (Å²) in [7, 11) is 0. The molecule has 2 rings (SSSR count). The van der Waals surface area contributed by atoms with E-state index in [9.17, 15) is 0 Å². The van der Waals surface area contributed by atoms with Gasteiger partial charge in [0.1, 0.15) is 0 Å². The van der Waals surface area contributed by atoms with E-state index in [0.717, 1.165) is 17.8 Å². The Morgan fingerprint density at radius 1 is 1.12 bits per heavy atom. The van der Waals surface area contributed by atoms with Crippen molar-refractivity contribution in [2.45, 2.75) is 72.3 Å². The third-order valence-electron chi connectivity index (χ3n) is 5.22. The predicted molar refractivity (Wildman–Crippen MR) is 75.1 cm³/mol. The van der Waals surface area contributed by atoms with Gasteiger partial charge in [0.2, 0.25) is 0 Å². The number of hydrogen-bond donors (Lipinski definition) is 1. The first kappa shape index (κ1) is 13.4. The van der Waals surface area contributed by atoms with Crippen LogP contribution in [0.4, 0.5) is 0 Å². The predicted octanol–water partition coefficient (Wildman–Crippen LogP) is 4.23. The summed E-state index contributed by atoms with van der Waals surface area (Å²) >= 11 is 0. The van der Waals surface area contributed by atoms with Crippen LogP contribution in [0.3, 0.4) is 0 Å². The molecule has 0 saturated heterocycles. The van der Waals surface area contributed by atoms with E-state index in [1.54, 1.807) is 6.42 Å². The summed E-state index contributed by atoms with van der Waals surface area (Å²) < 4.78 is 0. The molecule has 1 nitrogen and oxygen atoms in total. The Hall–Kier alpha value is -0.0400. The molecule has 2 saturated carbocycles.